The molecule has 2 N–H and O–H groups in total. The topological polar surface area (TPSA) is 107 Å². The maximum Gasteiger partial charge on any atom is 0.271 e. The Kier molecular flexibility index (Phi) is 10.9. The molecule has 0 radical (unpaired) electrons. The van der Waals surface area contributed by atoms with E-state index in [0.717, 1.165) is 5.56 Å². The van der Waals surface area contributed by atoms with Crippen LogP contribution in [0.3, 0.4) is 0 Å². The highest BCUT2D eigenvalue weighted by atomic mass is 79.9. The number of methoxy groups -OCH3 is 1. The smallest absolute Gasteiger partial charge is 0.271 e. The lowest BCUT2D eigenvalue weighted by Gasteiger charge is -2.14. The van der Waals surface area contributed by atoms with E-state index in [1.807, 2.05) is 38.1 Å². The van der Waals surface area contributed by atoms with Crippen LogP contribution in [0.15, 0.2) is 76.8 Å². The van der Waals surface area contributed by atoms with Crippen LogP contribution in [0, 0.1) is 6.92 Å². The summed E-state index contributed by atoms with van der Waals surface area (Å²) in [4.78, 5) is 25.0. The van der Waals surface area contributed by atoms with Gasteiger partial charge in [-0.05, 0) is 83.4 Å². The van der Waals surface area contributed by atoms with E-state index in [0.29, 0.717) is 57.5 Å². The minimum atomic E-state index is -0.427. The van der Waals surface area contributed by atoms with E-state index in [-0.39, 0.29) is 12.5 Å². The van der Waals surface area contributed by atoms with E-state index in [2.05, 4.69) is 38.4 Å². The van der Waals surface area contributed by atoms with Crippen LogP contribution in [-0.2, 0) is 4.79 Å². The summed E-state index contributed by atoms with van der Waals surface area (Å²) in [6, 6.07) is 15.7. The van der Waals surface area contributed by atoms with Gasteiger partial charge >= 0.3 is 0 Å². The Morgan fingerprint density at radius 2 is 1.85 bits per heavy atom. The third-order valence-electron chi connectivity index (χ3n) is 5.14. The van der Waals surface area contributed by atoms with Crippen LogP contribution in [0.4, 0.5) is 5.69 Å². The molecule has 204 valence electrons. The molecule has 9 nitrogen and oxygen atoms in total. The van der Waals surface area contributed by atoms with Crippen LogP contribution >= 0.6 is 15.9 Å². The molecule has 0 aliphatic heterocycles. The first-order valence-corrected chi connectivity index (χ1v) is 12.8. The Balaban J connectivity index is 1.66. The van der Waals surface area contributed by atoms with E-state index in [9.17, 15) is 9.59 Å². The molecule has 0 bridgehead atoms. The fourth-order valence-corrected chi connectivity index (χ4v) is 4.00. The molecule has 0 fully saturated rings. The number of hydrogen-bond donors (Lipinski definition) is 2. The van der Waals surface area contributed by atoms with Crippen LogP contribution in [0.25, 0.3) is 0 Å². The Morgan fingerprint density at radius 1 is 1.03 bits per heavy atom. The number of anilines is 1. The molecule has 0 unspecified atom stereocenters. The number of benzene rings is 3. The maximum absolute atomic E-state index is 12.6. The van der Waals surface area contributed by atoms with Gasteiger partial charge in [0.15, 0.2) is 29.6 Å². The zero-order valence-corrected chi connectivity index (χ0v) is 23.5. The van der Waals surface area contributed by atoms with Gasteiger partial charge in [0.1, 0.15) is 6.61 Å². The lowest BCUT2D eigenvalue weighted by molar-refractivity contribution is -0.118. The number of aryl methyl sites for hydroxylation is 1. The third kappa shape index (κ3) is 8.61. The minimum absolute atomic E-state index is 0.211. The number of halogens is 1. The second-order valence-electron chi connectivity index (χ2n) is 8.13. The minimum Gasteiger partial charge on any atom is -0.493 e. The first-order chi connectivity index (χ1) is 18.8. The summed E-state index contributed by atoms with van der Waals surface area (Å²) < 4.78 is 22.9. The zero-order valence-electron chi connectivity index (χ0n) is 22.0. The second kappa shape index (κ2) is 14.6. The van der Waals surface area contributed by atoms with E-state index < -0.39 is 5.91 Å². The summed E-state index contributed by atoms with van der Waals surface area (Å²) in [6.07, 6.45) is 3.09. The average Bonchev–Trinajstić information content (AvgIpc) is 2.91. The molecule has 39 heavy (non-hydrogen) atoms. The number of nitrogens with one attached hydrogen (secondary N) is 2. The summed E-state index contributed by atoms with van der Waals surface area (Å²) in [6.45, 7) is 7.88. The second-order valence-corrected chi connectivity index (χ2v) is 8.99. The van der Waals surface area contributed by atoms with Crippen LogP contribution in [-0.4, -0.2) is 45.0 Å². The highest BCUT2D eigenvalue weighted by molar-refractivity contribution is 9.10. The predicted molar refractivity (Wildman–Crippen MR) is 154 cm³/mol. The quantitative estimate of drug-likeness (QED) is 0.153. The first-order valence-electron chi connectivity index (χ1n) is 12.0. The number of ether oxygens (including phenoxy) is 4. The van der Waals surface area contributed by atoms with Gasteiger partial charge in [-0.2, -0.15) is 5.10 Å². The van der Waals surface area contributed by atoms with Gasteiger partial charge in [-0.1, -0.05) is 24.8 Å². The lowest BCUT2D eigenvalue weighted by atomic mass is 10.2. The summed E-state index contributed by atoms with van der Waals surface area (Å²) in [7, 11) is 1.49. The van der Waals surface area contributed by atoms with Crippen molar-refractivity contribution in [3.63, 3.8) is 0 Å². The monoisotopic (exact) mass is 595 g/mol. The Labute approximate surface area is 235 Å². The molecule has 0 atom stereocenters. The van der Waals surface area contributed by atoms with E-state index in [4.69, 9.17) is 18.9 Å². The molecule has 0 aliphatic carbocycles. The molecular formula is C29H30BrN3O6. The number of rotatable bonds is 13. The number of hydrazone groups is 1. The molecule has 3 aromatic rings. The molecule has 0 saturated carbocycles. The van der Waals surface area contributed by atoms with Gasteiger partial charge < -0.3 is 24.3 Å². The fourth-order valence-electron chi connectivity index (χ4n) is 3.43. The van der Waals surface area contributed by atoms with E-state index in [1.165, 1.54) is 13.3 Å². The third-order valence-corrected chi connectivity index (χ3v) is 5.73. The standard InChI is InChI=1S/C29H30BrN3O6/c1-5-12-38-24-11-10-21(16-25(24)36-4)29(35)33-31-17-20-14-23(30)28(26(15-20)37-6-2)39-18-27(34)32-22-9-7-8-19(3)13-22/h5,7-11,13-17H,1,6,12,18H2,2-4H3,(H,32,34)(H,33,35)/b31-17+. The highest BCUT2D eigenvalue weighted by Gasteiger charge is 2.15. The Morgan fingerprint density at radius 3 is 2.56 bits per heavy atom. The van der Waals surface area contributed by atoms with Gasteiger partial charge in [0, 0.05) is 11.3 Å². The molecule has 0 saturated heterocycles. The van der Waals surface area contributed by atoms with Crippen molar-refractivity contribution in [3.05, 3.63) is 88.4 Å². The molecule has 0 heterocycles. The lowest BCUT2D eigenvalue weighted by Crippen LogP contribution is -2.20. The Bertz CT molecular complexity index is 1360. The summed E-state index contributed by atoms with van der Waals surface area (Å²) >= 11 is 3.47. The van der Waals surface area contributed by atoms with Gasteiger partial charge in [0.25, 0.3) is 11.8 Å². The number of hydrogen-bond acceptors (Lipinski definition) is 7. The van der Waals surface area contributed by atoms with Crippen molar-refractivity contribution >= 4 is 39.6 Å². The SMILES string of the molecule is C=CCOc1ccc(C(=O)N/N=C/c2cc(Br)c(OCC(=O)Nc3cccc(C)c3)c(OCC)c2)cc1OC. The predicted octanol–water partition coefficient (Wildman–Crippen LogP) is 5.51. The summed E-state index contributed by atoms with van der Waals surface area (Å²) in [5.74, 6) is 0.984. The van der Waals surface area contributed by atoms with Crippen LogP contribution < -0.4 is 29.7 Å². The van der Waals surface area contributed by atoms with Gasteiger partial charge in [-0.15, -0.1) is 0 Å². The first kappa shape index (κ1) is 29.2. The van der Waals surface area contributed by atoms with Crippen LogP contribution in [0.1, 0.15) is 28.4 Å². The average molecular weight is 596 g/mol. The molecule has 2 amide bonds. The largest absolute Gasteiger partial charge is 0.493 e. The highest BCUT2D eigenvalue weighted by Crippen LogP contribution is 2.36. The molecular weight excluding hydrogens is 566 g/mol. The van der Waals surface area contributed by atoms with Crippen molar-refractivity contribution in [3.8, 4) is 23.0 Å². The van der Waals surface area contributed by atoms with Crippen LogP contribution in [0.5, 0.6) is 23.0 Å². The van der Waals surface area contributed by atoms with Gasteiger partial charge in [-0.25, -0.2) is 5.43 Å². The fraction of sp³-hybridized carbons (Fsp3) is 0.207. The molecule has 0 spiro atoms. The molecule has 10 heteroatoms. The maximum atomic E-state index is 12.6. The molecule has 0 aliphatic rings. The van der Waals surface area contributed by atoms with Crippen molar-refractivity contribution in [1.29, 1.82) is 0 Å². The molecule has 3 rings (SSSR count). The van der Waals surface area contributed by atoms with E-state index in [1.54, 1.807) is 36.4 Å². The molecule has 3 aromatic carbocycles. The number of carbonyl (C=O) groups is 2. The normalized spacial score (nSPS) is 10.6. The van der Waals surface area contributed by atoms with Crippen molar-refractivity contribution < 1.29 is 28.5 Å². The van der Waals surface area contributed by atoms with Crippen LogP contribution in [0.2, 0.25) is 0 Å². The van der Waals surface area contributed by atoms with Gasteiger partial charge in [0.2, 0.25) is 0 Å². The van der Waals surface area contributed by atoms with Crippen molar-refractivity contribution in [2.45, 2.75) is 13.8 Å². The number of amides is 2. The summed E-state index contributed by atoms with van der Waals surface area (Å²) in [5.41, 5.74) is 5.20. The Hall–Kier alpha value is -4.31. The van der Waals surface area contributed by atoms with E-state index >= 15 is 0 Å². The van der Waals surface area contributed by atoms with Gasteiger partial charge in [0.05, 0.1) is 24.4 Å². The summed E-state index contributed by atoms with van der Waals surface area (Å²) in [5, 5.41) is 6.86. The number of carbonyl (C=O) groups excluding carboxylic acids is 2. The number of nitrogens with zero attached hydrogens (tertiary/aromatic N) is 1. The van der Waals surface area contributed by atoms with Crippen molar-refractivity contribution in [2.24, 2.45) is 5.10 Å². The van der Waals surface area contributed by atoms with Crippen molar-refractivity contribution in [1.82, 2.24) is 5.43 Å². The van der Waals surface area contributed by atoms with Gasteiger partial charge in [-0.3, -0.25) is 9.59 Å². The van der Waals surface area contributed by atoms with Crippen molar-refractivity contribution in [2.75, 3.05) is 32.2 Å². The zero-order chi connectivity index (χ0) is 28.2. The molecule has 0 aromatic heterocycles.